The average Bonchev–Trinajstić information content (AvgIpc) is 2.91. The molecular formula is C16H16N2O2S3. The van der Waals surface area contributed by atoms with Gasteiger partial charge in [-0.05, 0) is 42.5 Å². The second-order valence-electron chi connectivity index (χ2n) is 4.96. The van der Waals surface area contributed by atoms with E-state index in [1.165, 1.54) is 11.3 Å². The SMILES string of the molecule is CCSc1nc2ccc(S(=O)(=O)Nc3ccccc3C)cc2s1. The van der Waals surface area contributed by atoms with Gasteiger partial charge in [-0.3, -0.25) is 4.72 Å². The molecule has 0 amide bonds. The molecule has 0 saturated heterocycles. The van der Waals surface area contributed by atoms with E-state index in [2.05, 4.69) is 16.6 Å². The number of aromatic nitrogens is 1. The Hall–Kier alpha value is -1.57. The molecule has 120 valence electrons. The lowest BCUT2D eigenvalue weighted by molar-refractivity contribution is 0.601. The molecule has 0 bridgehead atoms. The maximum atomic E-state index is 12.6. The zero-order valence-corrected chi connectivity index (χ0v) is 15.2. The standard InChI is InChI=1S/C16H16N2O2S3/c1-3-21-16-17-14-9-8-12(10-15(14)22-16)23(19,20)18-13-7-5-4-6-11(13)2/h4-10,18H,3H2,1-2H3. The minimum Gasteiger partial charge on any atom is -0.279 e. The second-order valence-corrected chi connectivity index (χ2v) is 9.19. The van der Waals surface area contributed by atoms with Crippen molar-refractivity contribution in [3.8, 4) is 0 Å². The maximum Gasteiger partial charge on any atom is 0.261 e. The number of hydrogen-bond acceptors (Lipinski definition) is 5. The summed E-state index contributed by atoms with van der Waals surface area (Å²) in [4.78, 5) is 4.74. The number of nitrogens with one attached hydrogen (secondary N) is 1. The number of rotatable bonds is 5. The van der Waals surface area contributed by atoms with E-state index in [9.17, 15) is 8.42 Å². The van der Waals surface area contributed by atoms with Crippen LogP contribution in [0.5, 0.6) is 0 Å². The van der Waals surface area contributed by atoms with E-state index in [1.807, 2.05) is 25.1 Å². The number of aryl methyl sites for hydroxylation is 1. The van der Waals surface area contributed by atoms with Crippen molar-refractivity contribution in [3.05, 3.63) is 48.0 Å². The summed E-state index contributed by atoms with van der Waals surface area (Å²) in [5.41, 5.74) is 2.32. The first-order chi connectivity index (χ1) is 11.0. The summed E-state index contributed by atoms with van der Waals surface area (Å²) < 4.78 is 29.7. The summed E-state index contributed by atoms with van der Waals surface area (Å²) in [5.74, 6) is 0.944. The first-order valence-corrected chi connectivity index (χ1v) is 10.4. The molecule has 0 saturated carbocycles. The number of fused-ring (bicyclic) bond motifs is 1. The Morgan fingerprint density at radius 2 is 2.00 bits per heavy atom. The normalized spacial score (nSPS) is 11.7. The number of hydrogen-bond donors (Lipinski definition) is 1. The van der Waals surface area contributed by atoms with Gasteiger partial charge in [-0.25, -0.2) is 13.4 Å². The van der Waals surface area contributed by atoms with E-state index in [-0.39, 0.29) is 4.90 Å². The van der Waals surface area contributed by atoms with Gasteiger partial charge in [0.05, 0.1) is 20.8 Å². The third-order valence-electron chi connectivity index (χ3n) is 3.31. The molecular weight excluding hydrogens is 348 g/mol. The Bertz CT molecular complexity index is 949. The van der Waals surface area contributed by atoms with Crippen LogP contribution < -0.4 is 4.72 Å². The Labute approximate surface area is 144 Å². The first-order valence-electron chi connectivity index (χ1n) is 7.11. The number of thioether (sulfide) groups is 1. The highest BCUT2D eigenvalue weighted by Gasteiger charge is 2.16. The summed E-state index contributed by atoms with van der Waals surface area (Å²) in [6.45, 7) is 3.94. The van der Waals surface area contributed by atoms with E-state index < -0.39 is 10.0 Å². The smallest absolute Gasteiger partial charge is 0.261 e. The van der Waals surface area contributed by atoms with Crippen LogP contribution in [0.3, 0.4) is 0 Å². The second kappa shape index (κ2) is 6.51. The molecule has 2 aromatic carbocycles. The van der Waals surface area contributed by atoms with Gasteiger partial charge in [0.25, 0.3) is 10.0 Å². The van der Waals surface area contributed by atoms with Gasteiger partial charge in [-0.1, -0.05) is 36.9 Å². The molecule has 0 aliphatic carbocycles. The summed E-state index contributed by atoms with van der Waals surface area (Å²) in [7, 11) is -3.61. The molecule has 0 aliphatic heterocycles. The minimum absolute atomic E-state index is 0.255. The van der Waals surface area contributed by atoms with Gasteiger partial charge in [0.2, 0.25) is 0 Å². The Morgan fingerprint density at radius 3 is 2.74 bits per heavy atom. The third kappa shape index (κ3) is 3.52. The number of thiazole rings is 1. The van der Waals surface area contributed by atoms with Crippen molar-refractivity contribution in [2.24, 2.45) is 0 Å². The van der Waals surface area contributed by atoms with Gasteiger partial charge in [0, 0.05) is 0 Å². The van der Waals surface area contributed by atoms with Crippen LogP contribution in [-0.4, -0.2) is 19.2 Å². The van der Waals surface area contributed by atoms with Crippen LogP contribution in [0, 0.1) is 6.92 Å². The fourth-order valence-corrected chi connectivity index (χ4v) is 5.36. The van der Waals surface area contributed by atoms with E-state index in [0.29, 0.717) is 5.69 Å². The molecule has 0 fully saturated rings. The Morgan fingerprint density at radius 1 is 1.22 bits per heavy atom. The summed E-state index contributed by atoms with van der Waals surface area (Å²) in [5, 5.41) is 0. The molecule has 1 N–H and O–H groups in total. The van der Waals surface area contributed by atoms with Gasteiger partial charge < -0.3 is 0 Å². The lowest BCUT2D eigenvalue weighted by Gasteiger charge is -2.10. The quantitative estimate of drug-likeness (QED) is 0.676. The molecule has 1 aromatic heterocycles. The highest BCUT2D eigenvalue weighted by molar-refractivity contribution is 8.01. The number of benzene rings is 2. The van der Waals surface area contributed by atoms with Crippen LogP contribution in [-0.2, 0) is 10.0 Å². The van der Waals surface area contributed by atoms with Crippen LogP contribution in [0.4, 0.5) is 5.69 Å². The molecule has 4 nitrogen and oxygen atoms in total. The monoisotopic (exact) mass is 364 g/mol. The maximum absolute atomic E-state index is 12.6. The van der Waals surface area contributed by atoms with Crippen molar-refractivity contribution in [1.29, 1.82) is 0 Å². The molecule has 3 aromatic rings. The largest absolute Gasteiger partial charge is 0.279 e. The van der Waals surface area contributed by atoms with Crippen LogP contribution >= 0.6 is 23.1 Å². The lowest BCUT2D eigenvalue weighted by Crippen LogP contribution is -2.13. The predicted molar refractivity (Wildman–Crippen MR) is 98.0 cm³/mol. The fourth-order valence-electron chi connectivity index (χ4n) is 2.13. The molecule has 0 unspecified atom stereocenters. The average molecular weight is 365 g/mol. The van der Waals surface area contributed by atoms with Gasteiger partial charge in [-0.2, -0.15) is 0 Å². The highest BCUT2D eigenvalue weighted by atomic mass is 32.2. The summed E-state index contributed by atoms with van der Waals surface area (Å²) in [6.07, 6.45) is 0. The van der Waals surface area contributed by atoms with Crippen LogP contribution in [0.1, 0.15) is 12.5 Å². The topological polar surface area (TPSA) is 59.1 Å². The summed E-state index contributed by atoms with van der Waals surface area (Å²) >= 11 is 3.18. The van der Waals surface area contributed by atoms with Crippen molar-refractivity contribution in [2.75, 3.05) is 10.5 Å². The van der Waals surface area contributed by atoms with E-state index in [1.54, 1.807) is 36.0 Å². The molecule has 0 atom stereocenters. The Kier molecular flexibility index (Phi) is 4.61. The highest BCUT2D eigenvalue weighted by Crippen LogP contribution is 2.31. The predicted octanol–water partition coefficient (Wildman–Crippen LogP) is 4.52. The molecule has 0 radical (unpaired) electrons. The number of nitrogens with zero attached hydrogens (tertiary/aromatic N) is 1. The number of anilines is 1. The molecule has 1 heterocycles. The van der Waals surface area contributed by atoms with Crippen molar-refractivity contribution >= 4 is 49.0 Å². The van der Waals surface area contributed by atoms with Gasteiger partial charge in [0.15, 0.2) is 4.34 Å². The van der Waals surface area contributed by atoms with E-state index >= 15 is 0 Å². The van der Waals surface area contributed by atoms with E-state index in [4.69, 9.17) is 0 Å². The minimum atomic E-state index is -3.61. The third-order valence-corrected chi connectivity index (χ3v) is 6.71. The molecule has 23 heavy (non-hydrogen) atoms. The fraction of sp³-hybridized carbons (Fsp3) is 0.188. The van der Waals surface area contributed by atoms with Gasteiger partial charge in [-0.15, -0.1) is 11.3 Å². The molecule has 7 heteroatoms. The number of sulfonamides is 1. The van der Waals surface area contributed by atoms with E-state index in [0.717, 1.165) is 25.9 Å². The number of para-hydroxylation sites is 1. The van der Waals surface area contributed by atoms with Crippen LogP contribution in [0.2, 0.25) is 0 Å². The van der Waals surface area contributed by atoms with Gasteiger partial charge in [0.1, 0.15) is 0 Å². The molecule has 3 rings (SSSR count). The Balaban J connectivity index is 1.96. The zero-order valence-electron chi connectivity index (χ0n) is 12.7. The zero-order chi connectivity index (χ0) is 16.4. The van der Waals surface area contributed by atoms with Crippen molar-refractivity contribution in [1.82, 2.24) is 4.98 Å². The molecule has 0 aliphatic rings. The lowest BCUT2D eigenvalue weighted by atomic mass is 10.2. The van der Waals surface area contributed by atoms with Crippen LogP contribution in [0.25, 0.3) is 10.2 Å². The first kappa shape index (κ1) is 16.3. The van der Waals surface area contributed by atoms with Gasteiger partial charge >= 0.3 is 0 Å². The van der Waals surface area contributed by atoms with Crippen LogP contribution in [0.15, 0.2) is 51.7 Å². The van der Waals surface area contributed by atoms with Crippen molar-refractivity contribution in [3.63, 3.8) is 0 Å². The summed E-state index contributed by atoms with van der Waals surface area (Å²) in [6, 6.07) is 12.4. The molecule has 0 spiro atoms. The van der Waals surface area contributed by atoms with Crippen molar-refractivity contribution in [2.45, 2.75) is 23.1 Å². The van der Waals surface area contributed by atoms with Crippen molar-refractivity contribution < 1.29 is 8.42 Å².